The molecule has 130 valence electrons. The summed E-state index contributed by atoms with van der Waals surface area (Å²) in [5.74, 6) is 2.80. The molecule has 0 amide bonds. The first kappa shape index (κ1) is 16.0. The molecule has 0 aliphatic heterocycles. The fourth-order valence-electron chi connectivity index (χ4n) is 2.56. The van der Waals surface area contributed by atoms with Gasteiger partial charge in [0.25, 0.3) is 0 Å². The topological polar surface area (TPSA) is 89.7 Å². The molecule has 0 spiro atoms. The predicted octanol–water partition coefficient (Wildman–Crippen LogP) is 3.33. The molecule has 2 aromatic heterocycles. The molecule has 0 saturated heterocycles. The summed E-state index contributed by atoms with van der Waals surface area (Å²) in [6.07, 6.45) is 0.625. The number of ether oxygens (including phenoxy) is 1. The highest BCUT2D eigenvalue weighted by Crippen LogP contribution is 2.22. The van der Waals surface area contributed by atoms with E-state index in [9.17, 15) is 0 Å². The van der Waals surface area contributed by atoms with Crippen LogP contribution in [0.15, 0.2) is 59.0 Å². The average molecular weight is 347 g/mol. The number of hydrogen-bond donors (Lipinski definition) is 1. The van der Waals surface area contributed by atoms with E-state index in [0.29, 0.717) is 24.7 Å². The van der Waals surface area contributed by atoms with E-state index in [0.717, 1.165) is 28.3 Å². The Hall–Kier alpha value is -3.48. The van der Waals surface area contributed by atoms with E-state index in [2.05, 4.69) is 25.6 Å². The number of rotatable bonds is 6. The molecular weight excluding hydrogens is 330 g/mol. The van der Waals surface area contributed by atoms with Crippen molar-refractivity contribution < 1.29 is 9.15 Å². The third-order valence-electron chi connectivity index (χ3n) is 3.96. The van der Waals surface area contributed by atoms with Crippen molar-refractivity contribution in [2.24, 2.45) is 0 Å². The molecule has 4 rings (SSSR count). The maximum Gasteiger partial charge on any atom is 0.226 e. The molecule has 0 atom stereocenters. The first-order chi connectivity index (χ1) is 12.8. The number of oxazole rings is 1. The van der Waals surface area contributed by atoms with Crippen LogP contribution in [0.25, 0.3) is 11.5 Å². The number of aromatic nitrogens is 5. The van der Waals surface area contributed by atoms with Gasteiger partial charge in [-0.05, 0) is 36.8 Å². The minimum absolute atomic E-state index is 0.354. The maximum absolute atomic E-state index is 5.84. The second-order valence-electron chi connectivity index (χ2n) is 5.83. The van der Waals surface area contributed by atoms with Crippen LogP contribution >= 0.6 is 0 Å². The molecule has 1 N–H and O–H groups in total. The van der Waals surface area contributed by atoms with Gasteiger partial charge in [0.15, 0.2) is 5.82 Å². The van der Waals surface area contributed by atoms with Crippen LogP contribution < -0.4 is 4.74 Å². The van der Waals surface area contributed by atoms with Gasteiger partial charge in [-0.1, -0.05) is 35.5 Å². The molecule has 7 heteroatoms. The van der Waals surface area contributed by atoms with Crippen LogP contribution in [0.2, 0.25) is 0 Å². The number of tetrazole rings is 1. The standard InChI is InChI=1S/C19H17N5O2/c1-13-17(20-19(26-13)15-5-3-2-4-6-15)12-25-16-9-7-14(8-10-16)11-18-21-23-24-22-18/h2-10H,11-12H2,1H3,(H,21,22,23,24). The molecule has 0 radical (unpaired) electrons. The maximum atomic E-state index is 5.84. The van der Waals surface area contributed by atoms with E-state index in [-0.39, 0.29) is 0 Å². The summed E-state index contributed by atoms with van der Waals surface area (Å²) in [5.41, 5.74) is 2.83. The highest BCUT2D eigenvalue weighted by Gasteiger charge is 2.12. The van der Waals surface area contributed by atoms with E-state index in [1.807, 2.05) is 61.5 Å². The van der Waals surface area contributed by atoms with Gasteiger partial charge in [0.2, 0.25) is 5.89 Å². The van der Waals surface area contributed by atoms with Crippen molar-refractivity contribution in [3.05, 3.63) is 77.4 Å². The highest BCUT2D eigenvalue weighted by atomic mass is 16.5. The van der Waals surface area contributed by atoms with Crippen molar-refractivity contribution in [3.8, 4) is 17.2 Å². The Bertz CT molecular complexity index is 963. The number of nitrogens with one attached hydrogen (secondary N) is 1. The van der Waals surface area contributed by atoms with Crippen LogP contribution in [0.5, 0.6) is 5.75 Å². The van der Waals surface area contributed by atoms with Gasteiger partial charge < -0.3 is 9.15 Å². The average Bonchev–Trinajstić information content (AvgIpc) is 3.32. The van der Waals surface area contributed by atoms with Gasteiger partial charge in [0.05, 0.1) is 0 Å². The lowest BCUT2D eigenvalue weighted by atomic mass is 10.1. The lowest BCUT2D eigenvalue weighted by Crippen LogP contribution is -1.98. The lowest BCUT2D eigenvalue weighted by molar-refractivity contribution is 0.299. The second kappa shape index (κ2) is 7.18. The molecule has 2 heterocycles. The van der Waals surface area contributed by atoms with E-state index in [1.165, 1.54) is 0 Å². The minimum Gasteiger partial charge on any atom is -0.487 e. The van der Waals surface area contributed by atoms with E-state index in [1.54, 1.807) is 0 Å². The SMILES string of the molecule is Cc1oc(-c2ccccc2)nc1COc1ccc(Cc2nn[nH]n2)cc1. The molecule has 2 aromatic carbocycles. The fraction of sp³-hybridized carbons (Fsp3) is 0.158. The monoisotopic (exact) mass is 347 g/mol. The van der Waals surface area contributed by atoms with Crippen LogP contribution in [-0.4, -0.2) is 25.6 Å². The van der Waals surface area contributed by atoms with Crippen molar-refractivity contribution in [2.75, 3.05) is 0 Å². The first-order valence-electron chi connectivity index (χ1n) is 8.24. The predicted molar refractivity (Wildman–Crippen MR) is 94.4 cm³/mol. The normalized spacial score (nSPS) is 10.8. The largest absolute Gasteiger partial charge is 0.487 e. The summed E-state index contributed by atoms with van der Waals surface area (Å²) >= 11 is 0. The van der Waals surface area contributed by atoms with E-state index >= 15 is 0 Å². The number of nitrogens with zero attached hydrogens (tertiary/aromatic N) is 4. The number of H-pyrrole nitrogens is 1. The smallest absolute Gasteiger partial charge is 0.226 e. The molecule has 0 unspecified atom stereocenters. The summed E-state index contributed by atoms with van der Waals surface area (Å²) in [5, 5.41) is 13.9. The van der Waals surface area contributed by atoms with Crippen LogP contribution in [0.3, 0.4) is 0 Å². The fourth-order valence-corrected chi connectivity index (χ4v) is 2.56. The van der Waals surface area contributed by atoms with Gasteiger partial charge in [-0.25, -0.2) is 4.98 Å². The van der Waals surface area contributed by atoms with Gasteiger partial charge in [-0.3, -0.25) is 0 Å². The zero-order valence-electron chi connectivity index (χ0n) is 14.2. The summed E-state index contributed by atoms with van der Waals surface area (Å²) in [7, 11) is 0. The second-order valence-corrected chi connectivity index (χ2v) is 5.83. The molecule has 0 bridgehead atoms. The Morgan fingerprint density at radius 2 is 1.85 bits per heavy atom. The third kappa shape index (κ3) is 3.61. The molecule has 0 aliphatic carbocycles. The van der Waals surface area contributed by atoms with Crippen LogP contribution in [0.1, 0.15) is 22.8 Å². The van der Waals surface area contributed by atoms with Gasteiger partial charge in [0, 0.05) is 12.0 Å². The third-order valence-corrected chi connectivity index (χ3v) is 3.96. The van der Waals surface area contributed by atoms with Crippen molar-refractivity contribution in [1.82, 2.24) is 25.6 Å². The van der Waals surface area contributed by atoms with Crippen molar-refractivity contribution in [3.63, 3.8) is 0 Å². The molecule has 7 nitrogen and oxygen atoms in total. The van der Waals surface area contributed by atoms with Crippen molar-refractivity contribution in [1.29, 1.82) is 0 Å². The zero-order valence-corrected chi connectivity index (χ0v) is 14.2. The summed E-state index contributed by atoms with van der Waals surface area (Å²) in [6, 6.07) is 17.6. The van der Waals surface area contributed by atoms with Gasteiger partial charge in [0.1, 0.15) is 23.8 Å². The number of hydrogen-bond acceptors (Lipinski definition) is 6. The Morgan fingerprint density at radius 3 is 2.58 bits per heavy atom. The van der Waals surface area contributed by atoms with Crippen LogP contribution in [0, 0.1) is 6.92 Å². The summed E-state index contributed by atoms with van der Waals surface area (Å²) in [6.45, 7) is 2.25. The molecule has 4 aromatic rings. The van der Waals surface area contributed by atoms with Crippen LogP contribution in [-0.2, 0) is 13.0 Å². The Balaban J connectivity index is 1.40. The Kier molecular flexibility index (Phi) is 4.42. The minimum atomic E-state index is 0.354. The van der Waals surface area contributed by atoms with Crippen molar-refractivity contribution >= 4 is 0 Å². The quantitative estimate of drug-likeness (QED) is 0.575. The van der Waals surface area contributed by atoms with E-state index < -0.39 is 0 Å². The van der Waals surface area contributed by atoms with Gasteiger partial charge in [-0.2, -0.15) is 5.21 Å². The molecule has 26 heavy (non-hydrogen) atoms. The number of aromatic amines is 1. The van der Waals surface area contributed by atoms with Gasteiger partial charge in [-0.15, -0.1) is 10.2 Å². The summed E-state index contributed by atoms with van der Waals surface area (Å²) < 4.78 is 11.6. The first-order valence-corrected chi connectivity index (χ1v) is 8.24. The number of aryl methyl sites for hydroxylation is 1. The molecule has 0 aliphatic rings. The van der Waals surface area contributed by atoms with Gasteiger partial charge >= 0.3 is 0 Å². The highest BCUT2D eigenvalue weighted by molar-refractivity contribution is 5.53. The van der Waals surface area contributed by atoms with E-state index in [4.69, 9.17) is 9.15 Å². The van der Waals surface area contributed by atoms with Crippen molar-refractivity contribution in [2.45, 2.75) is 20.0 Å². The van der Waals surface area contributed by atoms with Crippen LogP contribution in [0.4, 0.5) is 0 Å². The summed E-state index contributed by atoms with van der Waals surface area (Å²) in [4.78, 5) is 4.54. The number of benzene rings is 2. The molecule has 0 saturated carbocycles. The zero-order chi connectivity index (χ0) is 17.8. The molecular formula is C19H17N5O2. The Labute approximate surface area is 150 Å². The lowest BCUT2D eigenvalue weighted by Gasteiger charge is -2.05. The Morgan fingerprint density at radius 1 is 1.04 bits per heavy atom. The molecule has 0 fully saturated rings.